The van der Waals surface area contributed by atoms with Gasteiger partial charge in [0, 0.05) is 45.0 Å². The normalized spacial score (nSPS) is 11.2. The highest BCUT2D eigenvalue weighted by Gasteiger charge is 2.19. The van der Waals surface area contributed by atoms with Gasteiger partial charge in [0.05, 0.1) is 28.1 Å². The molecular weight excluding hydrogens is 681 g/mol. The highest BCUT2D eigenvalue weighted by Crippen LogP contribution is 2.41. The number of anilines is 6. The molecule has 264 valence electrons. The fourth-order valence-corrected chi connectivity index (χ4v) is 7.69. The first-order chi connectivity index (χ1) is 27.8. The number of hydrogen-bond acceptors (Lipinski definition) is 4. The SMILES string of the molecule is c1ccc(N(c2ccc(-c3nc4ccccc4nc3-c3ccc(N(c4ccccc4)c4cccc5ccccc45)cc3)cc2)c2ccc3ccccc3c2)cc1. The van der Waals surface area contributed by atoms with Crippen LogP contribution in [0, 0.1) is 0 Å². The van der Waals surface area contributed by atoms with Gasteiger partial charge >= 0.3 is 0 Å². The van der Waals surface area contributed by atoms with E-state index in [9.17, 15) is 0 Å². The van der Waals surface area contributed by atoms with Gasteiger partial charge in [-0.05, 0) is 95.0 Å². The van der Waals surface area contributed by atoms with E-state index in [4.69, 9.17) is 9.97 Å². The maximum Gasteiger partial charge on any atom is 0.0973 e. The van der Waals surface area contributed by atoms with Crippen molar-refractivity contribution in [2.24, 2.45) is 0 Å². The number of fused-ring (bicyclic) bond motifs is 3. The van der Waals surface area contributed by atoms with Crippen molar-refractivity contribution < 1.29 is 0 Å². The van der Waals surface area contributed by atoms with Crippen molar-refractivity contribution in [3.05, 3.63) is 218 Å². The van der Waals surface area contributed by atoms with Gasteiger partial charge in [0.1, 0.15) is 0 Å². The maximum atomic E-state index is 5.25. The summed E-state index contributed by atoms with van der Waals surface area (Å²) in [5.74, 6) is 0. The molecule has 10 rings (SSSR count). The van der Waals surface area contributed by atoms with E-state index in [1.54, 1.807) is 0 Å². The Morgan fingerprint density at radius 1 is 0.286 bits per heavy atom. The molecule has 0 radical (unpaired) electrons. The lowest BCUT2D eigenvalue weighted by Crippen LogP contribution is -2.10. The molecule has 4 nitrogen and oxygen atoms in total. The van der Waals surface area contributed by atoms with Gasteiger partial charge in [-0.3, -0.25) is 0 Å². The summed E-state index contributed by atoms with van der Waals surface area (Å²) in [7, 11) is 0. The third kappa shape index (κ3) is 6.19. The lowest BCUT2D eigenvalue weighted by atomic mass is 10.0. The molecule has 0 saturated heterocycles. The Morgan fingerprint density at radius 2 is 0.732 bits per heavy atom. The van der Waals surface area contributed by atoms with E-state index in [1.807, 2.05) is 24.3 Å². The number of aromatic nitrogens is 2. The zero-order valence-electron chi connectivity index (χ0n) is 30.6. The summed E-state index contributed by atoms with van der Waals surface area (Å²) >= 11 is 0. The lowest BCUT2D eigenvalue weighted by molar-refractivity contribution is 1.27. The predicted molar refractivity (Wildman–Crippen MR) is 235 cm³/mol. The second-order valence-electron chi connectivity index (χ2n) is 13.9. The molecular formula is C52H36N4. The summed E-state index contributed by atoms with van der Waals surface area (Å²) < 4.78 is 0. The van der Waals surface area contributed by atoms with Crippen molar-refractivity contribution in [2.75, 3.05) is 9.80 Å². The molecule has 0 unspecified atom stereocenters. The summed E-state index contributed by atoms with van der Waals surface area (Å²) in [6, 6.07) is 76.8. The van der Waals surface area contributed by atoms with Crippen LogP contribution in [0.3, 0.4) is 0 Å². The Kier molecular flexibility index (Phi) is 8.47. The van der Waals surface area contributed by atoms with E-state index in [0.717, 1.165) is 67.7 Å². The Bertz CT molecular complexity index is 2960. The first-order valence-electron chi connectivity index (χ1n) is 18.9. The van der Waals surface area contributed by atoms with Gasteiger partial charge < -0.3 is 9.80 Å². The number of benzene rings is 9. The van der Waals surface area contributed by atoms with Gasteiger partial charge in [0.15, 0.2) is 0 Å². The van der Waals surface area contributed by atoms with Crippen molar-refractivity contribution in [1.82, 2.24) is 9.97 Å². The van der Waals surface area contributed by atoms with Gasteiger partial charge in [-0.2, -0.15) is 0 Å². The van der Waals surface area contributed by atoms with Crippen LogP contribution in [0.5, 0.6) is 0 Å². The molecule has 0 saturated carbocycles. The molecule has 0 aliphatic heterocycles. The Hall–Kier alpha value is -7.56. The molecule has 0 atom stereocenters. The zero-order chi connectivity index (χ0) is 37.3. The minimum Gasteiger partial charge on any atom is -0.310 e. The van der Waals surface area contributed by atoms with Crippen molar-refractivity contribution >= 4 is 66.7 Å². The third-order valence-corrected chi connectivity index (χ3v) is 10.4. The first-order valence-corrected chi connectivity index (χ1v) is 18.9. The molecule has 1 aromatic heterocycles. The van der Waals surface area contributed by atoms with Crippen molar-refractivity contribution in [3.8, 4) is 22.5 Å². The summed E-state index contributed by atoms with van der Waals surface area (Å²) in [4.78, 5) is 15.1. The van der Waals surface area contributed by atoms with Gasteiger partial charge in [-0.25, -0.2) is 9.97 Å². The average Bonchev–Trinajstić information content (AvgIpc) is 3.27. The highest BCUT2D eigenvalue weighted by molar-refractivity contribution is 5.99. The quantitative estimate of drug-likeness (QED) is 0.157. The number of hydrogen-bond donors (Lipinski definition) is 0. The minimum atomic E-state index is 0.842. The van der Waals surface area contributed by atoms with Crippen LogP contribution in [-0.2, 0) is 0 Å². The standard InChI is InChI=1S/C52H36N4/c1-3-18-42(19-4-1)55(46-35-26-37-14-7-8-16-41(37)36-46)44-31-27-39(28-32-44)51-52(54-49-24-12-11-23-48(49)53-51)40-29-33-45(34-30-40)56(43-20-5-2-6-21-43)50-25-13-17-38-15-9-10-22-47(38)50/h1-36H. The van der Waals surface area contributed by atoms with E-state index >= 15 is 0 Å². The molecule has 0 amide bonds. The van der Waals surface area contributed by atoms with Gasteiger partial charge in [-0.15, -0.1) is 0 Å². The third-order valence-electron chi connectivity index (χ3n) is 10.4. The fourth-order valence-electron chi connectivity index (χ4n) is 7.69. The summed E-state index contributed by atoms with van der Waals surface area (Å²) in [5.41, 5.74) is 11.9. The van der Waals surface area contributed by atoms with Crippen molar-refractivity contribution in [2.45, 2.75) is 0 Å². The Balaban J connectivity index is 1.06. The monoisotopic (exact) mass is 716 g/mol. The van der Waals surface area contributed by atoms with Crippen molar-refractivity contribution in [3.63, 3.8) is 0 Å². The van der Waals surface area contributed by atoms with Gasteiger partial charge in [0.25, 0.3) is 0 Å². The smallest absolute Gasteiger partial charge is 0.0973 e. The first kappa shape index (κ1) is 33.0. The Morgan fingerprint density at radius 3 is 1.36 bits per heavy atom. The van der Waals surface area contributed by atoms with Crippen LogP contribution in [0.15, 0.2) is 218 Å². The average molecular weight is 717 g/mol. The van der Waals surface area contributed by atoms with Crippen LogP contribution in [0.4, 0.5) is 34.1 Å². The topological polar surface area (TPSA) is 32.3 Å². The number of nitrogens with zero attached hydrogens (tertiary/aromatic N) is 4. The second kappa shape index (κ2) is 14.3. The maximum absolute atomic E-state index is 5.25. The molecule has 0 aliphatic carbocycles. The van der Waals surface area contributed by atoms with E-state index in [2.05, 4.69) is 204 Å². The van der Waals surface area contributed by atoms with Crippen LogP contribution in [0.2, 0.25) is 0 Å². The molecule has 0 aliphatic rings. The summed E-state index contributed by atoms with van der Waals surface area (Å²) in [6.45, 7) is 0. The summed E-state index contributed by atoms with van der Waals surface area (Å²) in [5, 5.41) is 4.82. The number of rotatable bonds is 8. The summed E-state index contributed by atoms with van der Waals surface area (Å²) in [6.07, 6.45) is 0. The fraction of sp³-hybridized carbons (Fsp3) is 0. The van der Waals surface area contributed by atoms with E-state index in [0.29, 0.717) is 0 Å². The van der Waals surface area contributed by atoms with Crippen LogP contribution in [0.1, 0.15) is 0 Å². The van der Waals surface area contributed by atoms with E-state index < -0.39 is 0 Å². The number of para-hydroxylation sites is 4. The molecule has 4 heteroatoms. The molecule has 0 fully saturated rings. The zero-order valence-corrected chi connectivity index (χ0v) is 30.6. The van der Waals surface area contributed by atoms with Gasteiger partial charge in [-0.1, -0.05) is 140 Å². The Labute approximate surface area is 326 Å². The van der Waals surface area contributed by atoms with Crippen molar-refractivity contribution in [1.29, 1.82) is 0 Å². The second-order valence-corrected chi connectivity index (χ2v) is 13.9. The van der Waals surface area contributed by atoms with Crippen LogP contribution >= 0.6 is 0 Å². The predicted octanol–water partition coefficient (Wildman–Crippen LogP) is 14.2. The molecule has 0 spiro atoms. The molecule has 1 heterocycles. The molecule has 56 heavy (non-hydrogen) atoms. The van der Waals surface area contributed by atoms with Crippen LogP contribution in [-0.4, -0.2) is 9.97 Å². The van der Waals surface area contributed by atoms with Crippen LogP contribution < -0.4 is 9.80 Å². The molecule has 0 bridgehead atoms. The van der Waals surface area contributed by atoms with Crippen LogP contribution in [0.25, 0.3) is 55.1 Å². The molecule has 10 aromatic rings. The van der Waals surface area contributed by atoms with Gasteiger partial charge in [0.2, 0.25) is 0 Å². The largest absolute Gasteiger partial charge is 0.310 e. The van der Waals surface area contributed by atoms with E-state index in [-0.39, 0.29) is 0 Å². The molecule has 9 aromatic carbocycles. The highest BCUT2D eigenvalue weighted by atomic mass is 15.1. The van der Waals surface area contributed by atoms with E-state index in [1.165, 1.54) is 21.5 Å². The molecule has 0 N–H and O–H groups in total. The lowest BCUT2D eigenvalue weighted by Gasteiger charge is -2.27. The minimum absolute atomic E-state index is 0.842.